The molecule has 1 fully saturated rings. The molecule has 0 aromatic carbocycles. The molecule has 0 spiro atoms. The number of hydrogen-bond donors (Lipinski definition) is 0. The lowest BCUT2D eigenvalue weighted by molar-refractivity contribution is -0.894. The third-order valence-corrected chi connectivity index (χ3v) is 3.54. The molecule has 0 N–H and O–H groups in total. The van der Waals surface area contributed by atoms with E-state index in [1.807, 2.05) is 0 Å². The van der Waals surface area contributed by atoms with Gasteiger partial charge in [0.2, 0.25) is 0 Å². The Kier molecular flexibility index (Phi) is 3.20. The van der Waals surface area contributed by atoms with Gasteiger partial charge in [0.15, 0.2) is 0 Å². The fraction of sp³-hybridized carbons (Fsp3) is 0.571. The average Bonchev–Trinajstić information content (AvgIpc) is 2.43. The van der Waals surface area contributed by atoms with Crippen molar-refractivity contribution in [2.45, 2.75) is 6.92 Å². The summed E-state index contributed by atoms with van der Waals surface area (Å²) in [5, 5.41) is 0. The zero-order chi connectivity index (χ0) is 11.6. The number of likely N-dealkylation sites (N-methyl/N-ethyl adjacent to an activating group) is 1. The summed E-state index contributed by atoms with van der Waals surface area (Å²) in [5.74, 6) is 0.550. The molecule has 1 unspecified atom stereocenters. The minimum absolute atomic E-state index is 0.550. The molecule has 0 radical (unpaired) electrons. The van der Waals surface area contributed by atoms with Gasteiger partial charge in [-0.25, -0.2) is 0 Å². The number of quaternary nitrogens is 1. The van der Waals surface area contributed by atoms with Crippen molar-refractivity contribution in [3.05, 3.63) is 36.1 Å². The molecule has 2 heteroatoms. The van der Waals surface area contributed by atoms with Gasteiger partial charge in [-0.2, -0.15) is 0 Å². The van der Waals surface area contributed by atoms with Crippen LogP contribution in [0.25, 0.3) is 0 Å². The fourth-order valence-electron chi connectivity index (χ4n) is 2.25. The van der Waals surface area contributed by atoms with Gasteiger partial charge < -0.3 is 9.38 Å². The Morgan fingerprint density at radius 2 is 1.88 bits per heavy atom. The highest BCUT2D eigenvalue weighted by atomic mass is 15.4. The van der Waals surface area contributed by atoms with Crippen LogP contribution in [0.5, 0.6) is 0 Å². The minimum Gasteiger partial charge on any atom is -0.360 e. The maximum absolute atomic E-state index is 2.52. The van der Waals surface area contributed by atoms with Gasteiger partial charge in [0.25, 0.3) is 0 Å². The lowest BCUT2D eigenvalue weighted by atomic mass is 10.1. The summed E-state index contributed by atoms with van der Waals surface area (Å²) in [6.45, 7) is 7.08. The maximum atomic E-state index is 2.52. The van der Waals surface area contributed by atoms with E-state index in [0.717, 1.165) is 4.48 Å². The Bertz CT molecular complexity index is 327. The molecule has 0 saturated carbocycles. The fourth-order valence-corrected chi connectivity index (χ4v) is 2.25. The van der Waals surface area contributed by atoms with Crippen LogP contribution in [0, 0.1) is 5.92 Å². The zero-order valence-electron chi connectivity index (χ0n) is 10.7. The topological polar surface area (TPSA) is 3.24 Å². The first-order valence-electron chi connectivity index (χ1n) is 6.20. The highest BCUT2D eigenvalue weighted by molar-refractivity contribution is 5.27. The Morgan fingerprint density at radius 1 is 1.19 bits per heavy atom. The summed E-state index contributed by atoms with van der Waals surface area (Å²) in [6, 6.07) is 0. The van der Waals surface area contributed by atoms with Crippen LogP contribution in [0.3, 0.4) is 0 Å². The monoisotopic (exact) mass is 219 g/mol. The molecule has 2 aliphatic rings. The van der Waals surface area contributed by atoms with Crippen LogP contribution in [-0.4, -0.2) is 49.7 Å². The van der Waals surface area contributed by atoms with Gasteiger partial charge in [0.05, 0.1) is 40.3 Å². The largest absolute Gasteiger partial charge is 0.360 e. The van der Waals surface area contributed by atoms with E-state index in [0.29, 0.717) is 5.92 Å². The van der Waals surface area contributed by atoms with Gasteiger partial charge in [0.1, 0.15) is 0 Å². The molecule has 1 saturated heterocycles. The van der Waals surface area contributed by atoms with Crippen molar-refractivity contribution in [1.82, 2.24) is 4.90 Å². The summed E-state index contributed by atoms with van der Waals surface area (Å²) in [5.41, 5.74) is 1.40. The van der Waals surface area contributed by atoms with Crippen LogP contribution in [-0.2, 0) is 0 Å². The Hall–Kier alpha value is -1.02. The Balaban J connectivity index is 2.04. The maximum Gasteiger partial charge on any atom is 0.0961 e. The number of allylic oxidation sites excluding steroid dienone is 5. The van der Waals surface area contributed by atoms with Gasteiger partial charge in [-0.05, 0) is 12.0 Å². The van der Waals surface area contributed by atoms with Gasteiger partial charge in [-0.15, -0.1) is 0 Å². The molecule has 0 aromatic rings. The van der Waals surface area contributed by atoms with E-state index >= 15 is 0 Å². The van der Waals surface area contributed by atoms with Crippen LogP contribution in [0.15, 0.2) is 36.1 Å². The van der Waals surface area contributed by atoms with E-state index < -0.39 is 0 Å². The first-order chi connectivity index (χ1) is 7.57. The highest BCUT2D eigenvalue weighted by Crippen LogP contribution is 2.18. The normalized spacial score (nSPS) is 28.8. The molecule has 2 rings (SSSR count). The lowest BCUT2D eigenvalue weighted by Gasteiger charge is -2.40. The van der Waals surface area contributed by atoms with E-state index in [1.54, 1.807) is 0 Å². The summed E-state index contributed by atoms with van der Waals surface area (Å²) in [4.78, 5) is 2.52. The molecular formula is C14H23N2+. The SMILES string of the molecule is CC1C=CC=CC(N2CC[N+](C)(C)CC2)=C1. The van der Waals surface area contributed by atoms with Gasteiger partial charge in [0, 0.05) is 5.70 Å². The molecule has 1 heterocycles. The van der Waals surface area contributed by atoms with E-state index in [1.165, 1.54) is 31.9 Å². The van der Waals surface area contributed by atoms with Crippen molar-refractivity contribution >= 4 is 0 Å². The summed E-state index contributed by atoms with van der Waals surface area (Å²) < 4.78 is 1.15. The van der Waals surface area contributed by atoms with Crippen LogP contribution in [0.4, 0.5) is 0 Å². The van der Waals surface area contributed by atoms with Crippen molar-refractivity contribution in [2.75, 3.05) is 40.3 Å². The van der Waals surface area contributed by atoms with Crippen LogP contribution in [0.2, 0.25) is 0 Å². The number of nitrogens with zero attached hydrogens (tertiary/aromatic N) is 2. The van der Waals surface area contributed by atoms with E-state index in [2.05, 4.69) is 56.3 Å². The predicted octanol–water partition coefficient (Wildman–Crippen LogP) is 2.02. The van der Waals surface area contributed by atoms with Crippen molar-refractivity contribution in [1.29, 1.82) is 0 Å². The van der Waals surface area contributed by atoms with Crippen molar-refractivity contribution in [3.8, 4) is 0 Å². The van der Waals surface area contributed by atoms with Gasteiger partial charge in [-0.1, -0.05) is 31.2 Å². The first kappa shape index (κ1) is 11.5. The highest BCUT2D eigenvalue weighted by Gasteiger charge is 2.24. The number of rotatable bonds is 1. The average molecular weight is 219 g/mol. The molecule has 1 aliphatic carbocycles. The molecule has 1 aliphatic heterocycles. The molecule has 0 bridgehead atoms. The Labute approximate surface area is 99.1 Å². The van der Waals surface area contributed by atoms with Gasteiger partial charge in [-0.3, -0.25) is 0 Å². The summed E-state index contributed by atoms with van der Waals surface area (Å²) >= 11 is 0. The van der Waals surface area contributed by atoms with Crippen LogP contribution >= 0.6 is 0 Å². The molecule has 2 nitrogen and oxygen atoms in total. The standard InChI is InChI=1S/C14H23N2/c1-13-6-4-5-7-14(12-13)15-8-10-16(2,3)11-9-15/h4-7,12-13H,8-11H2,1-3H3/q+1. The number of hydrogen-bond acceptors (Lipinski definition) is 1. The molecular weight excluding hydrogens is 196 g/mol. The molecule has 0 aromatic heterocycles. The van der Waals surface area contributed by atoms with E-state index in [9.17, 15) is 0 Å². The van der Waals surface area contributed by atoms with Crippen LogP contribution in [0.1, 0.15) is 6.92 Å². The van der Waals surface area contributed by atoms with E-state index in [-0.39, 0.29) is 0 Å². The summed E-state index contributed by atoms with van der Waals surface area (Å²) in [7, 11) is 4.64. The molecule has 0 amide bonds. The van der Waals surface area contributed by atoms with Crippen molar-refractivity contribution < 1.29 is 4.48 Å². The second kappa shape index (κ2) is 4.46. The first-order valence-corrected chi connectivity index (χ1v) is 6.20. The smallest absolute Gasteiger partial charge is 0.0961 e. The van der Waals surface area contributed by atoms with E-state index in [4.69, 9.17) is 0 Å². The second-order valence-corrected chi connectivity index (χ2v) is 5.56. The summed E-state index contributed by atoms with van der Waals surface area (Å²) in [6.07, 6.45) is 11.2. The van der Waals surface area contributed by atoms with Crippen molar-refractivity contribution in [3.63, 3.8) is 0 Å². The third-order valence-electron chi connectivity index (χ3n) is 3.54. The molecule has 16 heavy (non-hydrogen) atoms. The van der Waals surface area contributed by atoms with Gasteiger partial charge >= 0.3 is 0 Å². The molecule has 88 valence electrons. The Morgan fingerprint density at radius 3 is 2.56 bits per heavy atom. The molecule has 1 atom stereocenters. The quantitative estimate of drug-likeness (QED) is 0.610. The van der Waals surface area contributed by atoms with Crippen molar-refractivity contribution in [2.24, 2.45) is 5.92 Å². The number of piperazine rings is 1. The lowest BCUT2D eigenvalue weighted by Crippen LogP contribution is -2.54. The van der Waals surface area contributed by atoms with Crippen LogP contribution < -0.4 is 0 Å². The third kappa shape index (κ3) is 2.76. The second-order valence-electron chi connectivity index (χ2n) is 5.56. The predicted molar refractivity (Wildman–Crippen MR) is 68.9 cm³/mol. The zero-order valence-corrected chi connectivity index (χ0v) is 10.7. The minimum atomic E-state index is 0.550.